The number of rotatable bonds is 7. The molecule has 16 heavy (non-hydrogen) atoms. The Balaban J connectivity index is 3.99. The van der Waals surface area contributed by atoms with Crippen molar-refractivity contribution in [2.24, 2.45) is 5.92 Å². The summed E-state index contributed by atoms with van der Waals surface area (Å²) < 4.78 is 9.35. The molecule has 0 aromatic heterocycles. The van der Waals surface area contributed by atoms with E-state index in [9.17, 15) is 14.4 Å². The highest BCUT2D eigenvalue weighted by Crippen LogP contribution is 2.08. The van der Waals surface area contributed by atoms with E-state index in [1.807, 2.05) is 0 Å². The Hall–Kier alpha value is -1.39. The summed E-state index contributed by atoms with van der Waals surface area (Å²) in [6.07, 6.45) is -0.277. The van der Waals surface area contributed by atoms with Crippen molar-refractivity contribution in [1.82, 2.24) is 0 Å². The summed E-state index contributed by atoms with van der Waals surface area (Å²) in [6, 6.07) is 0. The average Bonchev–Trinajstić information content (AvgIpc) is 2.17. The SMILES string of the molecule is CCOC(=O)CC(=O)C(C)CC(=O)OCC. The summed E-state index contributed by atoms with van der Waals surface area (Å²) in [7, 11) is 0. The highest BCUT2D eigenvalue weighted by molar-refractivity contribution is 5.97. The molecule has 5 nitrogen and oxygen atoms in total. The Labute approximate surface area is 95.1 Å². The Morgan fingerprint density at radius 2 is 1.50 bits per heavy atom. The van der Waals surface area contributed by atoms with Gasteiger partial charge in [0.2, 0.25) is 0 Å². The van der Waals surface area contributed by atoms with Crippen molar-refractivity contribution in [3.05, 3.63) is 0 Å². The van der Waals surface area contributed by atoms with Crippen LogP contribution >= 0.6 is 0 Å². The Morgan fingerprint density at radius 1 is 1.00 bits per heavy atom. The number of carbonyl (C=O) groups excluding carboxylic acids is 3. The molecular weight excluding hydrogens is 212 g/mol. The third-order valence-electron chi connectivity index (χ3n) is 1.95. The minimum Gasteiger partial charge on any atom is -0.466 e. The highest BCUT2D eigenvalue weighted by Gasteiger charge is 2.20. The van der Waals surface area contributed by atoms with Crippen LogP contribution in [0.15, 0.2) is 0 Å². The minimum absolute atomic E-state index is 0.00603. The molecule has 0 saturated heterocycles. The largest absolute Gasteiger partial charge is 0.466 e. The van der Waals surface area contributed by atoms with Crippen molar-refractivity contribution in [2.45, 2.75) is 33.6 Å². The predicted molar refractivity (Wildman–Crippen MR) is 56.7 cm³/mol. The van der Waals surface area contributed by atoms with E-state index in [1.54, 1.807) is 20.8 Å². The summed E-state index contributed by atoms with van der Waals surface area (Å²) in [5.41, 5.74) is 0. The van der Waals surface area contributed by atoms with Gasteiger partial charge in [0.25, 0.3) is 0 Å². The van der Waals surface area contributed by atoms with E-state index in [1.165, 1.54) is 0 Å². The van der Waals surface area contributed by atoms with Crippen molar-refractivity contribution in [3.63, 3.8) is 0 Å². The zero-order chi connectivity index (χ0) is 12.6. The fraction of sp³-hybridized carbons (Fsp3) is 0.727. The second kappa shape index (κ2) is 7.84. The summed E-state index contributed by atoms with van der Waals surface area (Å²) in [5.74, 6) is -1.79. The second-order valence-corrected chi connectivity index (χ2v) is 3.36. The Kier molecular flexibility index (Phi) is 7.16. The van der Waals surface area contributed by atoms with Crippen LogP contribution < -0.4 is 0 Å². The molecule has 0 heterocycles. The number of hydrogen-bond acceptors (Lipinski definition) is 5. The van der Waals surface area contributed by atoms with E-state index in [4.69, 9.17) is 4.74 Å². The lowest BCUT2D eigenvalue weighted by Gasteiger charge is -2.09. The van der Waals surface area contributed by atoms with Crippen molar-refractivity contribution in [1.29, 1.82) is 0 Å². The Morgan fingerprint density at radius 3 is 2.00 bits per heavy atom. The molecule has 0 amide bonds. The molecule has 0 radical (unpaired) electrons. The molecular formula is C11H18O5. The zero-order valence-electron chi connectivity index (χ0n) is 9.95. The zero-order valence-corrected chi connectivity index (χ0v) is 9.95. The van der Waals surface area contributed by atoms with E-state index in [0.29, 0.717) is 0 Å². The molecule has 0 fully saturated rings. The van der Waals surface area contributed by atoms with Gasteiger partial charge in [-0.25, -0.2) is 0 Å². The molecule has 0 spiro atoms. The smallest absolute Gasteiger partial charge is 0.313 e. The minimum atomic E-state index is -0.553. The predicted octanol–water partition coefficient (Wildman–Crippen LogP) is 1.10. The van der Waals surface area contributed by atoms with Gasteiger partial charge in [0.15, 0.2) is 0 Å². The number of ether oxygens (including phenoxy) is 2. The van der Waals surface area contributed by atoms with Gasteiger partial charge in [0, 0.05) is 5.92 Å². The maximum Gasteiger partial charge on any atom is 0.313 e. The van der Waals surface area contributed by atoms with E-state index < -0.39 is 17.9 Å². The molecule has 0 rings (SSSR count). The third kappa shape index (κ3) is 6.16. The first-order valence-electron chi connectivity index (χ1n) is 5.35. The number of carbonyl (C=O) groups is 3. The monoisotopic (exact) mass is 230 g/mol. The van der Waals surface area contributed by atoms with Gasteiger partial charge in [0.1, 0.15) is 12.2 Å². The van der Waals surface area contributed by atoms with Gasteiger partial charge in [-0.3, -0.25) is 14.4 Å². The fourth-order valence-electron chi connectivity index (χ4n) is 1.11. The van der Waals surface area contributed by atoms with Gasteiger partial charge >= 0.3 is 11.9 Å². The van der Waals surface area contributed by atoms with Crippen LogP contribution in [0.3, 0.4) is 0 Å². The van der Waals surface area contributed by atoms with Crippen LogP contribution in [0, 0.1) is 5.92 Å². The number of ketones is 1. The standard InChI is InChI=1S/C11H18O5/c1-4-15-10(13)6-8(3)9(12)7-11(14)16-5-2/h8H,4-7H2,1-3H3. The summed E-state index contributed by atoms with van der Waals surface area (Å²) in [6.45, 7) is 5.50. The van der Waals surface area contributed by atoms with Crippen molar-refractivity contribution in [3.8, 4) is 0 Å². The maximum absolute atomic E-state index is 11.5. The quantitative estimate of drug-likeness (QED) is 0.484. The maximum atomic E-state index is 11.5. The molecule has 0 aliphatic rings. The first-order chi connectivity index (χ1) is 7.51. The molecule has 0 bridgehead atoms. The molecule has 1 unspecified atom stereocenters. The van der Waals surface area contributed by atoms with Gasteiger partial charge in [-0.05, 0) is 13.8 Å². The first-order valence-corrected chi connectivity index (χ1v) is 5.35. The molecule has 0 aromatic carbocycles. The topological polar surface area (TPSA) is 69.7 Å². The molecule has 0 aliphatic heterocycles. The number of esters is 2. The van der Waals surface area contributed by atoms with Crippen LogP contribution in [0.1, 0.15) is 33.6 Å². The molecule has 5 heteroatoms. The van der Waals surface area contributed by atoms with Crippen molar-refractivity contribution < 1.29 is 23.9 Å². The summed E-state index contributed by atoms with van der Waals surface area (Å²) >= 11 is 0. The second-order valence-electron chi connectivity index (χ2n) is 3.36. The van der Waals surface area contributed by atoms with Crippen molar-refractivity contribution in [2.75, 3.05) is 13.2 Å². The molecule has 1 atom stereocenters. The normalized spacial score (nSPS) is 11.7. The van der Waals surface area contributed by atoms with Crippen LogP contribution in [0.2, 0.25) is 0 Å². The van der Waals surface area contributed by atoms with Crippen LogP contribution in [0.4, 0.5) is 0 Å². The summed E-state index contributed by atoms with van der Waals surface area (Å²) in [5, 5.41) is 0. The lowest BCUT2D eigenvalue weighted by atomic mass is 10.0. The van der Waals surface area contributed by atoms with E-state index >= 15 is 0 Å². The molecule has 0 N–H and O–H groups in total. The van der Waals surface area contributed by atoms with Gasteiger partial charge < -0.3 is 9.47 Å². The lowest BCUT2D eigenvalue weighted by Crippen LogP contribution is -2.20. The number of Topliss-reactive ketones (excluding diaryl/α,β-unsaturated/α-hetero) is 1. The molecule has 0 aliphatic carbocycles. The van der Waals surface area contributed by atoms with Crippen LogP contribution in [-0.4, -0.2) is 30.9 Å². The Bertz CT molecular complexity index is 259. The van der Waals surface area contributed by atoms with E-state index in [0.717, 1.165) is 0 Å². The van der Waals surface area contributed by atoms with Crippen LogP contribution in [0.25, 0.3) is 0 Å². The van der Waals surface area contributed by atoms with E-state index in [2.05, 4.69) is 4.74 Å². The van der Waals surface area contributed by atoms with Gasteiger partial charge in [-0.15, -0.1) is 0 Å². The molecule has 0 aromatic rings. The van der Waals surface area contributed by atoms with Crippen LogP contribution in [-0.2, 0) is 23.9 Å². The van der Waals surface area contributed by atoms with Crippen molar-refractivity contribution >= 4 is 17.7 Å². The number of hydrogen-bond donors (Lipinski definition) is 0. The first kappa shape index (κ1) is 14.6. The highest BCUT2D eigenvalue weighted by atomic mass is 16.5. The van der Waals surface area contributed by atoms with Gasteiger partial charge in [0.05, 0.1) is 19.6 Å². The van der Waals surface area contributed by atoms with E-state index in [-0.39, 0.29) is 31.8 Å². The third-order valence-corrected chi connectivity index (χ3v) is 1.95. The average molecular weight is 230 g/mol. The van der Waals surface area contributed by atoms with Crippen LogP contribution in [0.5, 0.6) is 0 Å². The van der Waals surface area contributed by atoms with Gasteiger partial charge in [-0.2, -0.15) is 0 Å². The summed E-state index contributed by atoms with van der Waals surface area (Å²) in [4.78, 5) is 33.5. The lowest BCUT2D eigenvalue weighted by molar-refractivity contribution is -0.149. The molecule has 0 saturated carbocycles. The van der Waals surface area contributed by atoms with Gasteiger partial charge in [-0.1, -0.05) is 6.92 Å². The molecule has 92 valence electrons. The fourth-order valence-corrected chi connectivity index (χ4v) is 1.11.